The number of nitrogens with one attached hydrogen (secondary N) is 1. The van der Waals surface area contributed by atoms with Crippen LogP contribution in [0.5, 0.6) is 0 Å². The minimum Gasteiger partial charge on any atom is -0.477 e. The van der Waals surface area contributed by atoms with Crippen molar-refractivity contribution in [1.82, 2.24) is 4.72 Å². The highest BCUT2D eigenvalue weighted by Crippen LogP contribution is 2.19. The van der Waals surface area contributed by atoms with Crippen molar-refractivity contribution in [3.8, 4) is 0 Å². The van der Waals surface area contributed by atoms with Crippen LogP contribution >= 0.6 is 11.3 Å². The summed E-state index contributed by atoms with van der Waals surface area (Å²) in [5, 5.41) is 10.0. The normalized spacial score (nSPS) is 11.4. The molecule has 0 bridgehead atoms. The van der Waals surface area contributed by atoms with Crippen molar-refractivity contribution in [2.75, 3.05) is 0 Å². The number of carboxylic acids is 1. The molecular weight excluding hydrogens is 305 g/mol. The first-order chi connectivity index (χ1) is 9.38. The van der Waals surface area contributed by atoms with Crippen molar-refractivity contribution in [3.63, 3.8) is 0 Å². The average molecular weight is 315 g/mol. The maximum Gasteiger partial charge on any atom is 0.345 e. The van der Waals surface area contributed by atoms with Crippen LogP contribution in [-0.2, 0) is 16.6 Å². The van der Waals surface area contributed by atoms with Gasteiger partial charge in [0, 0.05) is 11.9 Å². The van der Waals surface area contributed by atoms with Crippen LogP contribution in [0, 0.1) is 5.82 Å². The Hall–Kier alpha value is -1.77. The molecule has 0 aliphatic rings. The van der Waals surface area contributed by atoms with Gasteiger partial charge in [0.1, 0.15) is 10.7 Å². The monoisotopic (exact) mass is 315 g/mol. The van der Waals surface area contributed by atoms with Crippen LogP contribution in [0.15, 0.2) is 40.6 Å². The van der Waals surface area contributed by atoms with Gasteiger partial charge in [-0.05, 0) is 23.8 Å². The van der Waals surface area contributed by atoms with E-state index in [0.717, 1.165) is 17.4 Å². The summed E-state index contributed by atoms with van der Waals surface area (Å²) in [6, 6.07) is 6.63. The van der Waals surface area contributed by atoms with Crippen molar-refractivity contribution in [2.24, 2.45) is 0 Å². The summed E-state index contributed by atoms with van der Waals surface area (Å²) in [7, 11) is -3.81. The number of hydrogen-bond donors (Lipinski definition) is 2. The van der Waals surface area contributed by atoms with Crippen LogP contribution in [0.3, 0.4) is 0 Å². The number of carboxylic acid groups (broad SMARTS) is 1. The summed E-state index contributed by atoms with van der Waals surface area (Å²) in [4.78, 5) is 10.5. The van der Waals surface area contributed by atoms with Gasteiger partial charge < -0.3 is 5.11 Å². The van der Waals surface area contributed by atoms with Crippen LogP contribution in [-0.4, -0.2) is 19.5 Å². The van der Waals surface area contributed by atoms with E-state index < -0.39 is 21.8 Å². The fraction of sp³-hybridized carbons (Fsp3) is 0.0833. The van der Waals surface area contributed by atoms with E-state index in [2.05, 4.69) is 4.72 Å². The van der Waals surface area contributed by atoms with Gasteiger partial charge in [-0.15, -0.1) is 11.3 Å². The number of sulfonamides is 1. The molecule has 0 radical (unpaired) electrons. The summed E-state index contributed by atoms with van der Waals surface area (Å²) in [6.07, 6.45) is 0. The fourth-order valence-corrected chi connectivity index (χ4v) is 3.61. The molecule has 0 unspecified atom stereocenters. The van der Waals surface area contributed by atoms with Gasteiger partial charge in [0.2, 0.25) is 10.0 Å². The SMILES string of the molecule is O=C(O)c1cc(S(=O)(=O)NCc2cccc(F)c2)cs1. The Balaban J connectivity index is 2.12. The number of rotatable bonds is 5. The molecular formula is C12H10FNO4S2. The Bertz CT molecular complexity index is 739. The van der Waals surface area contributed by atoms with Crippen LogP contribution in [0.4, 0.5) is 4.39 Å². The molecule has 0 aliphatic heterocycles. The Morgan fingerprint density at radius 1 is 1.35 bits per heavy atom. The number of benzene rings is 1. The van der Waals surface area contributed by atoms with Gasteiger partial charge in [0.15, 0.2) is 0 Å². The maximum atomic E-state index is 13.0. The molecule has 1 aromatic heterocycles. The standard InChI is InChI=1S/C12H10FNO4S2/c13-9-3-1-2-8(4-9)6-14-20(17,18)10-5-11(12(15)16)19-7-10/h1-5,7,14H,6H2,(H,15,16). The van der Waals surface area contributed by atoms with Gasteiger partial charge in [0.05, 0.1) is 4.90 Å². The maximum absolute atomic E-state index is 13.0. The van der Waals surface area contributed by atoms with Gasteiger partial charge >= 0.3 is 5.97 Å². The molecule has 0 saturated carbocycles. The summed E-state index contributed by atoms with van der Waals surface area (Å²) in [6.45, 7) is -0.0711. The van der Waals surface area contributed by atoms with E-state index >= 15 is 0 Å². The second-order valence-electron chi connectivity index (χ2n) is 3.91. The highest BCUT2D eigenvalue weighted by atomic mass is 32.2. The van der Waals surface area contributed by atoms with Gasteiger partial charge in [-0.3, -0.25) is 0 Å². The fourth-order valence-electron chi connectivity index (χ4n) is 1.48. The molecule has 8 heteroatoms. The Kier molecular flexibility index (Phi) is 4.17. The lowest BCUT2D eigenvalue weighted by molar-refractivity contribution is 0.0702. The predicted octanol–water partition coefficient (Wildman–Crippen LogP) is 2.06. The molecule has 2 aromatic rings. The zero-order chi connectivity index (χ0) is 14.8. The van der Waals surface area contributed by atoms with Gasteiger partial charge in [-0.25, -0.2) is 22.3 Å². The third-order valence-corrected chi connectivity index (χ3v) is 4.90. The minimum absolute atomic E-state index is 0.0591. The first-order valence-electron chi connectivity index (χ1n) is 5.44. The Morgan fingerprint density at radius 3 is 2.70 bits per heavy atom. The van der Waals surface area contributed by atoms with Crippen molar-refractivity contribution in [1.29, 1.82) is 0 Å². The average Bonchev–Trinajstić information content (AvgIpc) is 2.87. The highest BCUT2D eigenvalue weighted by molar-refractivity contribution is 7.89. The van der Waals surface area contributed by atoms with Crippen LogP contribution in [0.25, 0.3) is 0 Å². The summed E-state index contributed by atoms with van der Waals surface area (Å²) in [5.74, 6) is -1.63. The first kappa shape index (κ1) is 14.6. The molecule has 1 heterocycles. The molecule has 0 saturated heterocycles. The van der Waals surface area contributed by atoms with Crippen molar-refractivity contribution in [2.45, 2.75) is 11.4 Å². The number of hydrogen-bond acceptors (Lipinski definition) is 4. The molecule has 0 spiro atoms. The van der Waals surface area contributed by atoms with Crippen molar-refractivity contribution < 1.29 is 22.7 Å². The molecule has 2 N–H and O–H groups in total. The molecule has 20 heavy (non-hydrogen) atoms. The molecule has 2 rings (SSSR count). The molecule has 5 nitrogen and oxygen atoms in total. The summed E-state index contributed by atoms with van der Waals surface area (Å²) in [5.41, 5.74) is 0.474. The van der Waals surface area contributed by atoms with Crippen LogP contribution < -0.4 is 4.72 Å². The second-order valence-corrected chi connectivity index (χ2v) is 6.58. The number of aromatic carboxylic acids is 1. The largest absolute Gasteiger partial charge is 0.477 e. The number of thiophene rings is 1. The molecule has 0 atom stereocenters. The summed E-state index contributed by atoms with van der Waals surface area (Å²) >= 11 is 0.830. The van der Waals surface area contributed by atoms with Crippen molar-refractivity contribution >= 4 is 27.3 Å². The first-order valence-corrected chi connectivity index (χ1v) is 7.81. The molecule has 0 amide bonds. The lowest BCUT2D eigenvalue weighted by Crippen LogP contribution is -2.22. The Labute approximate surface area is 118 Å². The van der Waals surface area contributed by atoms with E-state index in [-0.39, 0.29) is 16.3 Å². The summed E-state index contributed by atoms with van der Waals surface area (Å²) < 4.78 is 39.1. The third-order valence-electron chi connectivity index (χ3n) is 2.45. The van der Waals surface area contributed by atoms with E-state index in [1.165, 1.54) is 23.6 Å². The van der Waals surface area contributed by atoms with E-state index in [9.17, 15) is 17.6 Å². The minimum atomic E-state index is -3.81. The van der Waals surface area contributed by atoms with E-state index in [1.54, 1.807) is 6.07 Å². The van der Waals surface area contributed by atoms with E-state index in [1.807, 2.05) is 0 Å². The second kappa shape index (κ2) is 5.70. The molecule has 0 fully saturated rings. The highest BCUT2D eigenvalue weighted by Gasteiger charge is 2.18. The van der Waals surface area contributed by atoms with Gasteiger partial charge in [-0.1, -0.05) is 12.1 Å². The lowest BCUT2D eigenvalue weighted by Gasteiger charge is -2.05. The predicted molar refractivity (Wildman–Crippen MR) is 71.7 cm³/mol. The van der Waals surface area contributed by atoms with E-state index in [4.69, 9.17) is 5.11 Å². The van der Waals surface area contributed by atoms with Crippen LogP contribution in [0.1, 0.15) is 15.2 Å². The van der Waals surface area contributed by atoms with Gasteiger partial charge in [-0.2, -0.15) is 0 Å². The van der Waals surface area contributed by atoms with Crippen molar-refractivity contribution in [3.05, 3.63) is 52.0 Å². The quantitative estimate of drug-likeness (QED) is 0.884. The molecule has 106 valence electrons. The van der Waals surface area contributed by atoms with E-state index in [0.29, 0.717) is 5.56 Å². The number of carbonyl (C=O) groups is 1. The smallest absolute Gasteiger partial charge is 0.345 e. The molecule has 0 aliphatic carbocycles. The zero-order valence-corrected chi connectivity index (χ0v) is 11.7. The molecule has 1 aromatic carbocycles. The number of halogens is 1. The third kappa shape index (κ3) is 3.41. The van der Waals surface area contributed by atoms with Crippen LogP contribution in [0.2, 0.25) is 0 Å². The lowest BCUT2D eigenvalue weighted by atomic mass is 10.2. The van der Waals surface area contributed by atoms with Gasteiger partial charge in [0.25, 0.3) is 0 Å². The zero-order valence-electron chi connectivity index (χ0n) is 10.0. The Morgan fingerprint density at radius 2 is 2.10 bits per heavy atom. The topological polar surface area (TPSA) is 83.5 Å².